The molecule has 1 aliphatic carbocycles. The van der Waals surface area contributed by atoms with Crippen LogP contribution in [0.5, 0.6) is 5.75 Å². The van der Waals surface area contributed by atoms with E-state index in [9.17, 15) is 4.39 Å². The molecule has 21 heavy (non-hydrogen) atoms. The van der Waals surface area contributed by atoms with E-state index >= 15 is 0 Å². The summed E-state index contributed by atoms with van der Waals surface area (Å²) in [6.07, 6.45) is 8.64. The molecule has 0 unspecified atom stereocenters. The molecule has 1 saturated carbocycles. The van der Waals surface area contributed by atoms with Crippen LogP contribution in [0, 0.1) is 11.7 Å². The lowest BCUT2D eigenvalue weighted by molar-refractivity contribution is 0.386. The fraction of sp³-hybridized carbons (Fsp3) is 0.556. The average Bonchev–Trinajstić information content (AvgIpc) is 2.52. The van der Waals surface area contributed by atoms with Crippen molar-refractivity contribution < 1.29 is 9.13 Å². The number of nitrogens with one attached hydrogen (secondary N) is 1. The van der Waals surface area contributed by atoms with Gasteiger partial charge in [-0.1, -0.05) is 43.9 Å². The molecule has 3 heteroatoms. The summed E-state index contributed by atoms with van der Waals surface area (Å²) in [5.74, 6) is 0.652. The molecule has 116 valence electrons. The maximum absolute atomic E-state index is 13.8. The van der Waals surface area contributed by atoms with Gasteiger partial charge in [0, 0.05) is 6.54 Å². The third-order valence-corrected chi connectivity index (χ3v) is 4.24. The van der Waals surface area contributed by atoms with Crippen LogP contribution < -0.4 is 10.1 Å². The Morgan fingerprint density at radius 3 is 2.71 bits per heavy atom. The van der Waals surface area contributed by atoms with Gasteiger partial charge in [-0.15, -0.1) is 0 Å². The van der Waals surface area contributed by atoms with E-state index in [1.165, 1.54) is 44.8 Å². The van der Waals surface area contributed by atoms with E-state index in [-0.39, 0.29) is 5.82 Å². The van der Waals surface area contributed by atoms with Gasteiger partial charge in [-0.3, -0.25) is 0 Å². The number of methoxy groups -OCH3 is 1. The van der Waals surface area contributed by atoms with Crippen LogP contribution in [-0.2, 0) is 0 Å². The molecule has 0 bridgehead atoms. The first-order valence-corrected chi connectivity index (χ1v) is 7.99. The van der Waals surface area contributed by atoms with Crippen LogP contribution in [0.2, 0.25) is 0 Å². The third-order valence-electron chi connectivity index (χ3n) is 4.24. The highest BCUT2D eigenvalue weighted by molar-refractivity contribution is 5.55. The topological polar surface area (TPSA) is 21.3 Å². The molecule has 1 aliphatic rings. The smallest absolute Gasteiger partial charge is 0.165 e. The van der Waals surface area contributed by atoms with E-state index in [2.05, 4.69) is 18.3 Å². The summed E-state index contributed by atoms with van der Waals surface area (Å²) in [7, 11) is 1.49. The van der Waals surface area contributed by atoms with E-state index in [1.54, 1.807) is 12.1 Å². The number of likely N-dealkylation sites (N-methyl/N-ethyl adjacent to an activating group) is 1. The van der Waals surface area contributed by atoms with Crippen LogP contribution in [-0.4, -0.2) is 20.2 Å². The van der Waals surface area contributed by atoms with Crippen molar-refractivity contribution >= 4 is 6.08 Å². The molecule has 0 saturated heterocycles. The summed E-state index contributed by atoms with van der Waals surface area (Å²) in [5.41, 5.74) is 2.33. The molecule has 0 radical (unpaired) electrons. The van der Waals surface area contributed by atoms with Crippen molar-refractivity contribution in [2.45, 2.75) is 39.0 Å². The van der Waals surface area contributed by atoms with Crippen molar-refractivity contribution in [1.82, 2.24) is 5.32 Å². The third kappa shape index (κ3) is 4.57. The zero-order chi connectivity index (χ0) is 15.1. The molecule has 0 aliphatic heterocycles. The summed E-state index contributed by atoms with van der Waals surface area (Å²) in [5, 5.41) is 3.42. The molecule has 0 aromatic heterocycles. The van der Waals surface area contributed by atoms with Gasteiger partial charge in [-0.2, -0.15) is 0 Å². The van der Waals surface area contributed by atoms with Crippen molar-refractivity contribution in [1.29, 1.82) is 0 Å². The van der Waals surface area contributed by atoms with Gasteiger partial charge in [-0.05, 0) is 43.0 Å². The van der Waals surface area contributed by atoms with Gasteiger partial charge >= 0.3 is 0 Å². The highest BCUT2D eigenvalue weighted by atomic mass is 19.1. The van der Waals surface area contributed by atoms with Crippen LogP contribution in [0.25, 0.3) is 6.08 Å². The normalized spacial score (nSPS) is 17.0. The van der Waals surface area contributed by atoms with E-state index in [4.69, 9.17) is 4.74 Å². The minimum absolute atomic E-state index is 0.294. The Balaban J connectivity index is 2.19. The zero-order valence-corrected chi connectivity index (χ0v) is 13.1. The van der Waals surface area contributed by atoms with Gasteiger partial charge in [-0.25, -0.2) is 4.39 Å². The van der Waals surface area contributed by atoms with Crippen molar-refractivity contribution in [3.05, 3.63) is 35.2 Å². The predicted molar refractivity (Wildman–Crippen MR) is 86.0 cm³/mol. The molecule has 0 heterocycles. The molecule has 1 fully saturated rings. The number of ether oxygens (including phenoxy) is 1. The van der Waals surface area contributed by atoms with Gasteiger partial charge in [0.1, 0.15) is 0 Å². The predicted octanol–water partition coefficient (Wildman–Crippen LogP) is 4.41. The first-order valence-electron chi connectivity index (χ1n) is 7.99. The van der Waals surface area contributed by atoms with Gasteiger partial charge < -0.3 is 10.1 Å². The largest absolute Gasteiger partial charge is 0.494 e. The van der Waals surface area contributed by atoms with Gasteiger partial charge in [0.25, 0.3) is 0 Å². The van der Waals surface area contributed by atoms with Crippen molar-refractivity contribution in [2.24, 2.45) is 5.92 Å². The molecule has 1 aromatic carbocycles. The molecule has 2 nitrogen and oxygen atoms in total. The van der Waals surface area contributed by atoms with E-state index in [1.807, 2.05) is 6.07 Å². The van der Waals surface area contributed by atoms with Gasteiger partial charge in [0.15, 0.2) is 11.6 Å². The van der Waals surface area contributed by atoms with Crippen LogP contribution in [0.15, 0.2) is 23.8 Å². The number of hydrogen-bond acceptors (Lipinski definition) is 2. The van der Waals surface area contributed by atoms with Crippen molar-refractivity contribution in [2.75, 3.05) is 20.2 Å². The van der Waals surface area contributed by atoms with Gasteiger partial charge in [0.2, 0.25) is 0 Å². The summed E-state index contributed by atoms with van der Waals surface area (Å²) < 4.78 is 18.8. The van der Waals surface area contributed by atoms with E-state index < -0.39 is 0 Å². The quantitative estimate of drug-likeness (QED) is 0.838. The van der Waals surface area contributed by atoms with Crippen LogP contribution in [0.1, 0.15) is 44.6 Å². The number of hydrogen-bond donors (Lipinski definition) is 1. The van der Waals surface area contributed by atoms with Crippen LogP contribution in [0.3, 0.4) is 0 Å². The molecule has 0 atom stereocenters. The first kappa shape index (κ1) is 16.0. The minimum atomic E-state index is -0.294. The lowest BCUT2D eigenvalue weighted by Gasteiger charge is -2.25. The summed E-state index contributed by atoms with van der Waals surface area (Å²) in [6, 6.07) is 5.19. The van der Waals surface area contributed by atoms with Gasteiger partial charge in [0.05, 0.1) is 7.11 Å². The molecule has 0 amide bonds. The lowest BCUT2D eigenvalue weighted by atomic mass is 9.83. The Morgan fingerprint density at radius 1 is 1.33 bits per heavy atom. The fourth-order valence-corrected chi connectivity index (χ4v) is 3.04. The Labute approximate surface area is 127 Å². The lowest BCUT2D eigenvalue weighted by Crippen LogP contribution is -2.22. The number of benzene rings is 1. The number of halogens is 1. The monoisotopic (exact) mass is 291 g/mol. The minimum Gasteiger partial charge on any atom is -0.494 e. The maximum Gasteiger partial charge on any atom is 0.165 e. The standard InChI is InChI=1S/C18H26FNO/c1-3-20-13-16(15-7-5-4-6-8-15)11-14-9-10-18(21-2)17(19)12-14/h9-12,15,20H,3-8,13H2,1-2H3/b16-11-. The SMILES string of the molecule is CCNC/C(=C/c1ccc(OC)c(F)c1)C1CCCCC1. The molecular weight excluding hydrogens is 265 g/mol. The second-order valence-corrected chi connectivity index (χ2v) is 5.73. The first-order chi connectivity index (χ1) is 10.2. The van der Waals surface area contributed by atoms with Crippen LogP contribution in [0.4, 0.5) is 4.39 Å². The van der Waals surface area contributed by atoms with E-state index in [0.29, 0.717) is 11.7 Å². The highest BCUT2D eigenvalue weighted by Crippen LogP contribution is 2.31. The Hall–Kier alpha value is -1.35. The second-order valence-electron chi connectivity index (χ2n) is 5.73. The maximum atomic E-state index is 13.8. The van der Waals surface area contributed by atoms with Crippen molar-refractivity contribution in [3.63, 3.8) is 0 Å². The highest BCUT2D eigenvalue weighted by Gasteiger charge is 2.17. The van der Waals surface area contributed by atoms with E-state index in [0.717, 1.165) is 18.7 Å². The molecule has 0 spiro atoms. The van der Waals surface area contributed by atoms with Crippen molar-refractivity contribution in [3.8, 4) is 5.75 Å². The Bertz CT molecular complexity index is 478. The summed E-state index contributed by atoms with van der Waals surface area (Å²) in [4.78, 5) is 0. The Kier molecular flexibility index (Phi) is 6.24. The summed E-state index contributed by atoms with van der Waals surface area (Å²) >= 11 is 0. The fourth-order valence-electron chi connectivity index (χ4n) is 3.04. The molecular formula is C18H26FNO. The molecule has 1 N–H and O–H groups in total. The Morgan fingerprint density at radius 2 is 2.10 bits per heavy atom. The molecule has 1 aromatic rings. The van der Waals surface area contributed by atoms with Crippen LogP contribution >= 0.6 is 0 Å². The summed E-state index contributed by atoms with van der Waals surface area (Å²) in [6.45, 7) is 3.97. The zero-order valence-electron chi connectivity index (χ0n) is 13.1. The second kappa shape index (κ2) is 8.18. The number of rotatable bonds is 6. The molecule has 2 rings (SSSR count). The average molecular weight is 291 g/mol.